The van der Waals surface area contributed by atoms with Gasteiger partial charge < -0.3 is 0 Å². The molecule has 0 bridgehead atoms. The molecular weight excluding hydrogens is 168 g/mol. The van der Waals surface area contributed by atoms with Crippen molar-refractivity contribution in [1.82, 2.24) is 4.98 Å². The molecule has 0 N–H and O–H groups in total. The van der Waals surface area contributed by atoms with Gasteiger partial charge in [-0.05, 0) is 12.0 Å². The van der Waals surface area contributed by atoms with Crippen molar-refractivity contribution in [2.75, 3.05) is 0 Å². The van der Waals surface area contributed by atoms with Gasteiger partial charge in [0.1, 0.15) is 6.20 Å². The van der Waals surface area contributed by atoms with Crippen LogP contribution in [0.2, 0.25) is 0 Å². The van der Waals surface area contributed by atoms with Crippen LogP contribution < -0.4 is 0 Å². The fraction of sp³-hybridized carbons (Fsp3) is 0.444. The molecule has 1 saturated carbocycles. The maximum Gasteiger partial charge on any atom is 0.287 e. The second-order valence-corrected chi connectivity index (χ2v) is 3.15. The van der Waals surface area contributed by atoms with Crippen LogP contribution in [0.5, 0.6) is 0 Å². The van der Waals surface area contributed by atoms with Gasteiger partial charge in [-0.25, -0.2) is 0 Å². The smallest absolute Gasteiger partial charge is 0.258 e. The van der Waals surface area contributed by atoms with Crippen molar-refractivity contribution in [1.29, 1.82) is 0 Å². The van der Waals surface area contributed by atoms with Crippen LogP contribution in [0.4, 0.5) is 5.69 Å². The highest BCUT2D eigenvalue weighted by Gasteiger charge is 2.12. The molecule has 0 saturated heterocycles. The van der Waals surface area contributed by atoms with Gasteiger partial charge in [-0.1, -0.05) is 19.8 Å². The highest BCUT2D eigenvalue weighted by atomic mass is 16.6. The summed E-state index contributed by atoms with van der Waals surface area (Å²) >= 11 is 0. The van der Waals surface area contributed by atoms with Gasteiger partial charge in [0.15, 0.2) is 0 Å². The average molecular weight is 180 g/mol. The van der Waals surface area contributed by atoms with Crippen molar-refractivity contribution in [3.63, 3.8) is 0 Å². The van der Waals surface area contributed by atoms with Crippen LogP contribution in [-0.4, -0.2) is 9.91 Å². The number of hydrogen-bond donors (Lipinski definition) is 0. The van der Waals surface area contributed by atoms with Crippen molar-refractivity contribution < 1.29 is 4.92 Å². The average Bonchev–Trinajstić information content (AvgIpc) is 2.90. The Morgan fingerprint density at radius 1 is 1.62 bits per heavy atom. The lowest BCUT2D eigenvalue weighted by atomic mass is 10.4. The van der Waals surface area contributed by atoms with Crippen LogP contribution >= 0.6 is 0 Å². The normalized spacial score (nSPS) is 14.2. The number of pyridine rings is 1. The van der Waals surface area contributed by atoms with Crippen molar-refractivity contribution in [3.8, 4) is 0 Å². The zero-order valence-electron chi connectivity index (χ0n) is 7.51. The summed E-state index contributed by atoms with van der Waals surface area (Å²) in [5.41, 5.74) is 0.0255. The van der Waals surface area contributed by atoms with Gasteiger partial charge in [-0.2, -0.15) is 0 Å². The molecule has 4 nitrogen and oxygen atoms in total. The van der Waals surface area contributed by atoms with E-state index in [-0.39, 0.29) is 5.69 Å². The van der Waals surface area contributed by atoms with Gasteiger partial charge in [0.25, 0.3) is 5.69 Å². The van der Waals surface area contributed by atoms with E-state index in [1.807, 2.05) is 0 Å². The molecule has 1 aromatic heterocycles. The standard InChI is InChI=1S/C5H4N2O2.C4H8/c8-7(9)5-2-1-3-6-4-5;1-4-2-3-4/h1-4H;4H,2-3H2,1H3. The summed E-state index contributed by atoms with van der Waals surface area (Å²) in [5, 5.41) is 9.97. The van der Waals surface area contributed by atoms with Gasteiger partial charge in [-0.3, -0.25) is 15.1 Å². The maximum absolute atomic E-state index is 9.97. The monoisotopic (exact) mass is 180 g/mol. The Balaban J connectivity index is 0.000000175. The predicted molar refractivity (Wildman–Crippen MR) is 49.3 cm³/mol. The molecule has 1 heterocycles. The van der Waals surface area contributed by atoms with Gasteiger partial charge in [0.05, 0.1) is 4.92 Å². The van der Waals surface area contributed by atoms with Gasteiger partial charge in [0, 0.05) is 12.3 Å². The fourth-order valence-electron chi connectivity index (χ4n) is 0.628. The van der Waals surface area contributed by atoms with Crippen molar-refractivity contribution >= 4 is 5.69 Å². The summed E-state index contributed by atoms with van der Waals surface area (Å²) < 4.78 is 0. The van der Waals surface area contributed by atoms with Crippen LogP contribution in [-0.2, 0) is 0 Å². The van der Waals surface area contributed by atoms with Crippen LogP contribution in [0.25, 0.3) is 0 Å². The van der Waals surface area contributed by atoms with E-state index in [4.69, 9.17) is 0 Å². The molecule has 70 valence electrons. The summed E-state index contributed by atoms with van der Waals surface area (Å²) in [7, 11) is 0. The molecule has 2 rings (SSSR count). The summed E-state index contributed by atoms with van der Waals surface area (Å²) in [6.07, 6.45) is 5.67. The second kappa shape index (κ2) is 4.54. The molecule has 1 fully saturated rings. The third kappa shape index (κ3) is 4.20. The fourth-order valence-corrected chi connectivity index (χ4v) is 0.628. The lowest BCUT2D eigenvalue weighted by Crippen LogP contribution is -1.86. The number of aromatic nitrogens is 1. The Morgan fingerprint density at radius 3 is 2.46 bits per heavy atom. The first kappa shape index (κ1) is 9.64. The molecular formula is C9H12N2O2. The van der Waals surface area contributed by atoms with E-state index >= 15 is 0 Å². The minimum absolute atomic E-state index is 0.0255. The van der Waals surface area contributed by atoms with Crippen LogP contribution in [0.15, 0.2) is 24.5 Å². The lowest BCUT2D eigenvalue weighted by Gasteiger charge is -1.84. The number of hydrogen-bond acceptors (Lipinski definition) is 3. The third-order valence-corrected chi connectivity index (χ3v) is 1.72. The number of rotatable bonds is 1. The second-order valence-electron chi connectivity index (χ2n) is 3.15. The van der Waals surface area contributed by atoms with E-state index in [9.17, 15) is 10.1 Å². The molecule has 1 aliphatic carbocycles. The number of nitrogens with zero attached hydrogens (tertiary/aromatic N) is 2. The number of nitro groups is 1. The van der Waals surface area contributed by atoms with Gasteiger partial charge in [0.2, 0.25) is 0 Å². The van der Waals surface area contributed by atoms with Crippen molar-refractivity contribution in [2.24, 2.45) is 5.92 Å². The third-order valence-electron chi connectivity index (χ3n) is 1.72. The molecule has 1 aliphatic rings. The molecule has 4 heteroatoms. The summed E-state index contributed by atoms with van der Waals surface area (Å²) in [6.45, 7) is 2.28. The Morgan fingerprint density at radius 2 is 2.23 bits per heavy atom. The van der Waals surface area contributed by atoms with Crippen molar-refractivity contribution in [3.05, 3.63) is 34.6 Å². The minimum Gasteiger partial charge on any atom is -0.258 e. The van der Waals surface area contributed by atoms with Crippen LogP contribution in [0, 0.1) is 16.0 Å². The largest absolute Gasteiger partial charge is 0.287 e. The summed E-state index contributed by atoms with van der Waals surface area (Å²) in [4.78, 5) is 13.1. The zero-order valence-corrected chi connectivity index (χ0v) is 7.51. The van der Waals surface area contributed by atoms with Crippen LogP contribution in [0.3, 0.4) is 0 Å². The van der Waals surface area contributed by atoms with Gasteiger partial charge >= 0.3 is 0 Å². The van der Waals surface area contributed by atoms with Gasteiger partial charge in [-0.15, -0.1) is 0 Å². The molecule has 0 atom stereocenters. The van der Waals surface area contributed by atoms with Crippen molar-refractivity contribution in [2.45, 2.75) is 19.8 Å². The molecule has 0 radical (unpaired) electrons. The Kier molecular flexibility index (Phi) is 3.37. The molecule has 0 aliphatic heterocycles. The van der Waals surface area contributed by atoms with E-state index in [2.05, 4.69) is 11.9 Å². The topological polar surface area (TPSA) is 56.0 Å². The Hall–Kier alpha value is -1.45. The first-order valence-electron chi connectivity index (χ1n) is 4.24. The molecule has 1 aromatic rings. The highest BCUT2D eigenvalue weighted by Crippen LogP contribution is 2.26. The first-order valence-corrected chi connectivity index (χ1v) is 4.24. The maximum atomic E-state index is 9.97. The van der Waals surface area contributed by atoms with Crippen LogP contribution in [0.1, 0.15) is 19.8 Å². The molecule has 0 amide bonds. The lowest BCUT2D eigenvalue weighted by molar-refractivity contribution is -0.385. The van der Waals surface area contributed by atoms with E-state index in [1.165, 1.54) is 37.4 Å². The van der Waals surface area contributed by atoms with E-state index < -0.39 is 4.92 Å². The molecule has 0 spiro atoms. The molecule has 13 heavy (non-hydrogen) atoms. The van der Waals surface area contributed by atoms with E-state index in [1.54, 1.807) is 0 Å². The minimum atomic E-state index is -0.479. The van der Waals surface area contributed by atoms with E-state index in [0.717, 1.165) is 5.92 Å². The molecule has 0 unspecified atom stereocenters. The molecule has 0 aromatic carbocycles. The quantitative estimate of drug-likeness (QED) is 0.492. The SMILES string of the molecule is CC1CC1.O=[N+]([O-])c1cccnc1. The Bertz CT molecular complexity index is 270. The summed E-state index contributed by atoms with van der Waals surface area (Å²) in [6, 6.07) is 2.92. The Labute approximate surface area is 76.8 Å². The highest BCUT2D eigenvalue weighted by molar-refractivity contribution is 5.23. The van der Waals surface area contributed by atoms with E-state index in [0.29, 0.717) is 0 Å². The first-order chi connectivity index (χ1) is 6.20. The zero-order chi connectivity index (χ0) is 9.68. The summed E-state index contributed by atoms with van der Waals surface area (Å²) in [5.74, 6) is 1.08. The predicted octanol–water partition coefficient (Wildman–Crippen LogP) is 2.41.